The molecule has 2 N–H and O–H groups in total. The van der Waals surface area contributed by atoms with Crippen molar-refractivity contribution in [1.29, 1.82) is 0 Å². The third-order valence-electron chi connectivity index (χ3n) is 3.23. The smallest absolute Gasteiger partial charge is 0.251 e. The lowest BCUT2D eigenvalue weighted by Gasteiger charge is -2.12. The monoisotopic (exact) mass is 349 g/mol. The number of nitrogens with zero attached hydrogens (tertiary/aromatic N) is 1. The summed E-state index contributed by atoms with van der Waals surface area (Å²) in [6.07, 6.45) is 3.29. The standard InChI is InChI=1S/C16H19N3O4S/c1-3-19-24(21,22)15-9-13(6-7-14(15)23-2)16(20)18-11-12-5-4-8-17-10-12/h4-10,19H,3,11H2,1-2H3,(H,18,20). The van der Waals surface area contributed by atoms with Gasteiger partial charge in [0.2, 0.25) is 10.0 Å². The first-order valence-corrected chi connectivity index (χ1v) is 8.81. The first-order valence-electron chi connectivity index (χ1n) is 7.32. The molecule has 1 aromatic heterocycles. The summed E-state index contributed by atoms with van der Waals surface area (Å²) in [5, 5.41) is 2.73. The summed E-state index contributed by atoms with van der Waals surface area (Å²) in [5.74, 6) is -0.200. The number of sulfonamides is 1. The lowest BCUT2D eigenvalue weighted by Crippen LogP contribution is -2.26. The number of carbonyl (C=O) groups excluding carboxylic acids is 1. The van der Waals surface area contributed by atoms with Gasteiger partial charge in [0.15, 0.2) is 0 Å². The quantitative estimate of drug-likeness (QED) is 0.786. The minimum atomic E-state index is -3.74. The fourth-order valence-corrected chi connectivity index (χ4v) is 3.32. The normalized spacial score (nSPS) is 11.1. The molecule has 2 aromatic rings. The Morgan fingerprint density at radius 3 is 2.71 bits per heavy atom. The molecule has 0 aliphatic heterocycles. The van der Waals surface area contributed by atoms with Crippen molar-refractivity contribution in [2.24, 2.45) is 0 Å². The molecule has 1 heterocycles. The Bertz CT molecular complexity index is 807. The predicted octanol–water partition coefficient (Wildman–Crippen LogP) is 1.32. The van der Waals surface area contributed by atoms with Crippen molar-refractivity contribution in [1.82, 2.24) is 15.0 Å². The van der Waals surface area contributed by atoms with E-state index in [2.05, 4.69) is 15.0 Å². The zero-order valence-electron chi connectivity index (χ0n) is 13.4. The van der Waals surface area contributed by atoms with Crippen LogP contribution in [0.15, 0.2) is 47.6 Å². The van der Waals surface area contributed by atoms with Gasteiger partial charge < -0.3 is 10.1 Å². The van der Waals surface area contributed by atoms with E-state index < -0.39 is 10.0 Å². The fourth-order valence-electron chi connectivity index (χ4n) is 2.08. The van der Waals surface area contributed by atoms with Crippen LogP contribution in [0.3, 0.4) is 0 Å². The average Bonchev–Trinajstić information content (AvgIpc) is 2.60. The summed E-state index contributed by atoms with van der Waals surface area (Å²) in [6, 6.07) is 7.89. The van der Waals surface area contributed by atoms with E-state index in [-0.39, 0.29) is 28.7 Å². The number of benzene rings is 1. The second kappa shape index (κ2) is 7.89. The van der Waals surface area contributed by atoms with Crippen LogP contribution in [0.2, 0.25) is 0 Å². The van der Waals surface area contributed by atoms with E-state index in [9.17, 15) is 13.2 Å². The van der Waals surface area contributed by atoms with Crippen LogP contribution in [0, 0.1) is 0 Å². The van der Waals surface area contributed by atoms with Crippen LogP contribution in [0.25, 0.3) is 0 Å². The molecule has 0 aliphatic carbocycles. The second-order valence-corrected chi connectivity index (χ2v) is 6.65. The van der Waals surface area contributed by atoms with Crippen molar-refractivity contribution in [3.63, 3.8) is 0 Å². The summed E-state index contributed by atoms with van der Waals surface area (Å²) >= 11 is 0. The first kappa shape index (κ1) is 17.9. The molecule has 0 saturated carbocycles. The van der Waals surface area contributed by atoms with Gasteiger partial charge in [0.05, 0.1) is 7.11 Å². The van der Waals surface area contributed by atoms with Crippen molar-refractivity contribution in [2.45, 2.75) is 18.4 Å². The lowest BCUT2D eigenvalue weighted by molar-refractivity contribution is 0.0950. The third-order valence-corrected chi connectivity index (χ3v) is 4.79. The highest BCUT2D eigenvalue weighted by Gasteiger charge is 2.20. The maximum absolute atomic E-state index is 12.3. The van der Waals surface area contributed by atoms with Crippen molar-refractivity contribution in [2.75, 3.05) is 13.7 Å². The van der Waals surface area contributed by atoms with Gasteiger partial charge in [-0.25, -0.2) is 13.1 Å². The van der Waals surface area contributed by atoms with Crippen molar-refractivity contribution < 1.29 is 17.9 Å². The van der Waals surface area contributed by atoms with Crippen molar-refractivity contribution in [3.8, 4) is 5.75 Å². The van der Waals surface area contributed by atoms with Crippen molar-refractivity contribution >= 4 is 15.9 Å². The van der Waals surface area contributed by atoms with Crippen LogP contribution < -0.4 is 14.8 Å². The molecule has 1 aromatic carbocycles. The summed E-state index contributed by atoms with van der Waals surface area (Å²) in [5.41, 5.74) is 1.08. The zero-order chi connectivity index (χ0) is 17.6. The molecule has 0 bridgehead atoms. The van der Waals surface area contributed by atoms with Crippen LogP contribution in [-0.2, 0) is 16.6 Å². The number of amides is 1. The molecule has 7 nitrogen and oxygen atoms in total. The van der Waals surface area contributed by atoms with E-state index in [0.29, 0.717) is 6.54 Å². The molecule has 24 heavy (non-hydrogen) atoms. The van der Waals surface area contributed by atoms with Gasteiger partial charge in [-0.1, -0.05) is 13.0 Å². The Morgan fingerprint density at radius 1 is 1.29 bits per heavy atom. The average molecular weight is 349 g/mol. The van der Waals surface area contributed by atoms with E-state index >= 15 is 0 Å². The minimum absolute atomic E-state index is 0.0686. The van der Waals surface area contributed by atoms with E-state index in [4.69, 9.17) is 4.74 Å². The third kappa shape index (κ3) is 4.30. The van der Waals surface area contributed by atoms with Crippen LogP contribution in [0.1, 0.15) is 22.8 Å². The van der Waals surface area contributed by atoms with E-state index in [1.54, 1.807) is 25.4 Å². The number of pyridine rings is 1. The molecule has 0 unspecified atom stereocenters. The van der Waals surface area contributed by atoms with Crippen LogP contribution >= 0.6 is 0 Å². The molecule has 0 saturated heterocycles. The van der Waals surface area contributed by atoms with E-state index in [1.165, 1.54) is 25.3 Å². The van der Waals surface area contributed by atoms with Gasteiger partial charge in [-0.05, 0) is 29.8 Å². The summed E-state index contributed by atoms with van der Waals surface area (Å²) in [4.78, 5) is 16.2. The maximum atomic E-state index is 12.3. The van der Waals surface area contributed by atoms with E-state index in [0.717, 1.165) is 5.56 Å². The Morgan fingerprint density at radius 2 is 2.08 bits per heavy atom. The topological polar surface area (TPSA) is 97.4 Å². The number of hydrogen-bond acceptors (Lipinski definition) is 5. The molecule has 0 atom stereocenters. The number of carbonyl (C=O) groups is 1. The molecule has 8 heteroatoms. The molecule has 128 valence electrons. The largest absolute Gasteiger partial charge is 0.495 e. The van der Waals surface area contributed by atoms with Gasteiger partial charge in [0, 0.05) is 31.0 Å². The fraction of sp³-hybridized carbons (Fsp3) is 0.250. The lowest BCUT2D eigenvalue weighted by atomic mass is 10.2. The van der Waals surface area contributed by atoms with Crippen LogP contribution in [-0.4, -0.2) is 33.0 Å². The summed E-state index contributed by atoms with van der Waals surface area (Å²) < 4.78 is 31.9. The SMILES string of the molecule is CCNS(=O)(=O)c1cc(C(=O)NCc2cccnc2)ccc1OC. The Balaban J connectivity index is 2.23. The molecule has 1 amide bonds. The highest BCUT2D eigenvalue weighted by Crippen LogP contribution is 2.24. The Kier molecular flexibility index (Phi) is 5.88. The molecule has 0 spiro atoms. The second-order valence-electron chi connectivity index (χ2n) is 4.91. The maximum Gasteiger partial charge on any atom is 0.251 e. The first-order chi connectivity index (χ1) is 11.5. The van der Waals surface area contributed by atoms with Gasteiger partial charge in [-0.3, -0.25) is 9.78 Å². The number of nitrogens with one attached hydrogen (secondary N) is 2. The van der Waals surface area contributed by atoms with Gasteiger partial charge in [-0.2, -0.15) is 0 Å². The number of hydrogen-bond donors (Lipinski definition) is 2. The Labute approximate surface area is 141 Å². The number of aromatic nitrogens is 1. The van der Waals surface area contributed by atoms with Gasteiger partial charge in [-0.15, -0.1) is 0 Å². The molecule has 0 fully saturated rings. The molecular weight excluding hydrogens is 330 g/mol. The zero-order valence-corrected chi connectivity index (χ0v) is 14.3. The molecular formula is C16H19N3O4S. The predicted molar refractivity (Wildman–Crippen MR) is 89.3 cm³/mol. The molecule has 0 aliphatic rings. The minimum Gasteiger partial charge on any atom is -0.495 e. The van der Waals surface area contributed by atoms with Gasteiger partial charge in [0.25, 0.3) is 5.91 Å². The highest BCUT2D eigenvalue weighted by molar-refractivity contribution is 7.89. The molecule has 2 rings (SSSR count). The van der Waals surface area contributed by atoms with Gasteiger partial charge in [0.1, 0.15) is 10.6 Å². The number of methoxy groups -OCH3 is 1. The summed E-state index contributed by atoms with van der Waals surface area (Å²) in [7, 11) is -2.36. The van der Waals surface area contributed by atoms with Crippen LogP contribution in [0.4, 0.5) is 0 Å². The van der Waals surface area contributed by atoms with Crippen molar-refractivity contribution in [3.05, 3.63) is 53.9 Å². The van der Waals surface area contributed by atoms with Gasteiger partial charge >= 0.3 is 0 Å². The molecule has 0 radical (unpaired) electrons. The number of ether oxygens (including phenoxy) is 1. The number of rotatable bonds is 7. The Hall–Kier alpha value is -2.45. The summed E-state index contributed by atoms with van der Waals surface area (Å²) in [6.45, 7) is 2.21. The highest BCUT2D eigenvalue weighted by atomic mass is 32.2. The van der Waals surface area contributed by atoms with E-state index in [1.807, 2.05) is 6.07 Å². The van der Waals surface area contributed by atoms with Crippen LogP contribution in [0.5, 0.6) is 5.75 Å².